The Kier molecular flexibility index (Phi) is 5.54. The molecular formula is C17H14F4N6O3. The molecule has 9 nitrogen and oxygen atoms in total. The molecule has 0 aliphatic carbocycles. The molecule has 13 heteroatoms. The third-order valence-corrected chi connectivity index (χ3v) is 4.25. The minimum atomic E-state index is -1.54. The summed E-state index contributed by atoms with van der Waals surface area (Å²) in [5.41, 5.74) is -0.708. The molecule has 30 heavy (non-hydrogen) atoms. The average Bonchev–Trinajstić information content (AvgIpc) is 3.20. The van der Waals surface area contributed by atoms with Gasteiger partial charge in [-0.25, -0.2) is 17.6 Å². The molecular weight excluding hydrogens is 412 g/mol. The lowest BCUT2D eigenvalue weighted by Crippen LogP contribution is -2.21. The number of hydrogen-bond acceptors (Lipinski definition) is 5. The molecule has 0 saturated heterocycles. The maximum atomic E-state index is 13.8. The lowest BCUT2D eigenvalue weighted by Gasteiger charge is -2.07. The summed E-state index contributed by atoms with van der Waals surface area (Å²) in [5.74, 6) is -6.78. The summed E-state index contributed by atoms with van der Waals surface area (Å²) < 4.78 is 56.3. The van der Waals surface area contributed by atoms with Gasteiger partial charge in [-0.1, -0.05) is 0 Å². The van der Waals surface area contributed by atoms with Crippen LogP contribution in [0.3, 0.4) is 0 Å². The van der Waals surface area contributed by atoms with E-state index in [9.17, 15) is 32.5 Å². The molecule has 2 aromatic heterocycles. The summed E-state index contributed by atoms with van der Waals surface area (Å²) in [4.78, 5) is 22.6. The van der Waals surface area contributed by atoms with Gasteiger partial charge in [0.25, 0.3) is 0 Å². The van der Waals surface area contributed by atoms with Gasteiger partial charge in [0.15, 0.2) is 29.1 Å². The smallest absolute Gasteiger partial charge is 0.308 e. The molecule has 1 amide bonds. The van der Waals surface area contributed by atoms with E-state index in [0.717, 1.165) is 9.36 Å². The summed E-state index contributed by atoms with van der Waals surface area (Å²) in [6.07, 6.45) is 1.24. The highest BCUT2D eigenvalue weighted by Crippen LogP contribution is 2.22. The SMILES string of the molecule is Cc1nn(CC(=O)Nc2ccn(Cc3c(F)c(F)cc(F)c3F)n2)c(C)c1[N+](=O)[O-]. The number of carbonyl (C=O) groups excluding carboxylic acids is 1. The molecule has 0 fully saturated rings. The van der Waals surface area contributed by atoms with Crippen molar-refractivity contribution in [3.05, 3.63) is 68.7 Å². The topological polar surface area (TPSA) is 108 Å². The zero-order valence-electron chi connectivity index (χ0n) is 15.6. The van der Waals surface area contributed by atoms with Gasteiger partial charge in [-0.15, -0.1) is 0 Å². The van der Waals surface area contributed by atoms with Crippen molar-refractivity contribution in [3.8, 4) is 0 Å². The highest BCUT2D eigenvalue weighted by Gasteiger charge is 2.23. The molecule has 0 saturated carbocycles. The van der Waals surface area contributed by atoms with Crippen LogP contribution in [0.15, 0.2) is 18.3 Å². The van der Waals surface area contributed by atoms with Crippen LogP contribution in [0.2, 0.25) is 0 Å². The van der Waals surface area contributed by atoms with Crippen LogP contribution in [0.4, 0.5) is 29.1 Å². The maximum Gasteiger partial charge on any atom is 0.312 e. The first-order valence-corrected chi connectivity index (χ1v) is 8.42. The van der Waals surface area contributed by atoms with Crippen LogP contribution in [-0.4, -0.2) is 30.4 Å². The number of nitro groups is 1. The maximum absolute atomic E-state index is 13.8. The van der Waals surface area contributed by atoms with Crippen LogP contribution in [0, 0.1) is 47.2 Å². The predicted octanol–water partition coefficient (Wildman–Crippen LogP) is 2.85. The number of aromatic nitrogens is 4. The van der Waals surface area contributed by atoms with Gasteiger partial charge in [-0.3, -0.25) is 24.3 Å². The summed E-state index contributed by atoms with van der Waals surface area (Å²) >= 11 is 0. The first kappa shape index (κ1) is 21.0. The quantitative estimate of drug-likeness (QED) is 0.282. The van der Waals surface area contributed by atoms with Crippen molar-refractivity contribution in [2.45, 2.75) is 26.9 Å². The van der Waals surface area contributed by atoms with Crippen molar-refractivity contribution in [2.75, 3.05) is 5.32 Å². The standard InChI is InChI=1S/C17H14F4N6O3/c1-8-17(27(29)30)9(2)26(23-8)7-14(28)22-13-3-4-25(24-13)6-10-15(20)11(18)5-12(19)16(10)21/h3-5H,6-7H2,1-2H3,(H,22,24,28). The van der Waals surface area contributed by atoms with E-state index in [0.29, 0.717) is 0 Å². The largest absolute Gasteiger partial charge is 0.312 e. The molecule has 0 unspecified atom stereocenters. The molecule has 3 rings (SSSR count). The van der Waals surface area contributed by atoms with Gasteiger partial charge >= 0.3 is 5.69 Å². The van der Waals surface area contributed by atoms with E-state index < -0.39 is 46.2 Å². The number of aryl methyl sites for hydroxylation is 1. The third-order valence-electron chi connectivity index (χ3n) is 4.25. The fraction of sp³-hybridized carbons (Fsp3) is 0.235. The predicted molar refractivity (Wildman–Crippen MR) is 94.6 cm³/mol. The number of amides is 1. The minimum Gasteiger partial charge on any atom is -0.308 e. The fourth-order valence-corrected chi connectivity index (χ4v) is 2.86. The van der Waals surface area contributed by atoms with E-state index in [-0.39, 0.29) is 35.5 Å². The van der Waals surface area contributed by atoms with Gasteiger partial charge < -0.3 is 5.32 Å². The molecule has 1 aromatic carbocycles. The van der Waals surface area contributed by atoms with Gasteiger partial charge in [-0.2, -0.15) is 10.2 Å². The second kappa shape index (κ2) is 7.93. The first-order chi connectivity index (χ1) is 14.1. The number of anilines is 1. The van der Waals surface area contributed by atoms with E-state index in [1.54, 1.807) is 0 Å². The molecule has 0 aliphatic heterocycles. The van der Waals surface area contributed by atoms with Gasteiger partial charge in [0, 0.05) is 18.3 Å². The number of rotatable bonds is 6. The average molecular weight is 426 g/mol. The Morgan fingerprint density at radius 3 is 2.37 bits per heavy atom. The van der Waals surface area contributed by atoms with E-state index in [4.69, 9.17) is 0 Å². The summed E-state index contributed by atoms with van der Waals surface area (Å²) in [7, 11) is 0. The number of benzene rings is 1. The monoisotopic (exact) mass is 426 g/mol. The number of nitrogens with one attached hydrogen (secondary N) is 1. The van der Waals surface area contributed by atoms with Crippen LogP contribution in [0.25, 0.3) is 0 Å². The minimum absolute atomic E-state index is 0.00581. The highest BCUT2D eigenvalue weighted by molar-refractivity contribution is 5.89. The Morgan fingerprint density at radius 1 is 1.17 bits per heavy atom. The Hall–Kier alpha value is -3.77. The fourth-order valence-electron chi connectivity index (χ4n) is 2.86. The lowest BCUT2D eigenvalue weighted by atomic mass is 10.2. The molecule has 0 bridgehead atoms. The van der Waals surface area contributed by atoms with Crippen molar-refractivity contribution in [1.29, 1.82) is 0 Å². The van der Waals surface area contributed by atoms with Crippen LogP contribution in [-0.2, 0) is 17.9 Å². The normalized spacial score (nSPS) is 11.0. The van der Waals surface area contributed by atoms with Crippen LogP contribution < -0.4 is 5.32 Å². The molecule has 2 heterocycles. The molecule has 0 aliphatic rings. The van der Waals surface area contributed by atoms with E-state index in [1.807, 2.05) is 0 Å². The second-order valence-corrected chi connectivity index (χ2v) is 6.33. The van der Waals surface area contributed by atoms with Crippen molar-refractivity contribution >= 4 is 17.4 Å². The Bertz CT molecular complexity index is 1130. The van der Waals surface area contributed by atoms with Crippen molar-refractivity contribution in [3.63, 3.8) is 0 Å². The van der Waals surface area contributed by atoms with Gasteiger partial charge in [-0.05, 0) is 13.8 Å². The van der Waals surface area contributed by atoms with Gasteiger partial charge in [0.2, 0.25) is 5.91 Å². The Balaban J connectivity index is 1.72. The molecule has 3 aromatic rings. The molecule has 0 spiro atoms. The zero-order valence-corrected chi connectivity index (χ0v) is 15.6. The van der Waals surface area contributed by atoms with E-state index >= 15 is 0 Å². The summed E-state index contributed by atoms with van der Waals surface area (Å²) in [5, 5.41) is 21.2. The zero-order chi connectivity index (χ0) is 22.2. The summed E-state index contributed by atoms with van der Waals surface area (Å²) in [6.45, 7) is 1.92. The lowest BCUT2D eigenvalue weighted by molar-refractivity contribution is -0.386. The number of halogens is 4. The second-order valence-electron chi connectivity index (χ2n) is 6.33. The number of hydrogen-bond donors (Lipinski definition) is 1. The first-order valence-electron chi connectivity index (χ1n) is 8.42. The van der Waals surface area contributed by atoms with Crippen LogP contribution >= 0.6 is 0 Å². The molecule has 158 valence electrons. The van der Waals surface area contributed by atoms with E-state index in [1.165, 1.54) is 26.1 Å². The summed E-state index contributed by atoms with van der Waals surface area (Å²) in [6, 6.07) is 1.40. The van der Waals surface area contributed by atoms with Crippen molar-refractivity contribution in [2.24, 2.45) is 0 Å². The highest BCUT2D eigenvalue weighted by atomic mass is 19.2. The van der Waals surface area contributed by atoms with Crippen LogP contribution in [0.5, 0.6) is 0 Å². The van der Waals surface area contributed by atoms with Gasteiger partial charge in [0.05, 0.1) is 17.0 Å². The molecule has 0 radical (unpaired) electrons. The molecule has 0 atom stereocenters. The number of carbonyl (C=O) groups is 1. The molecule has 1 N–H and O–H groups in total. The van der Waals surface area contributed by atoms with Crippen molar-refractivity contribution < 1.29 is 27.3 Å². The van der Waals surface area contributed by atoms with Crippen LogP contribution in [0.1, 0.15) is 17.0 Å². The Morgan fingerprint density at radius 2 is 1.80 bits per heavy atom. The van der Waals surface area contributed by atoms with E-state index in [2.05, 4.69) is 15.5 Å². The number of nitrogens with zero attached hydrogens (tertiary/aromatic N) is 5. The Labute approximate surface area is 166 Å². The van der Waals surface area contributed by atoms with Crippen molar-refractivity contribution in [1.82, 2.24) is 19.6 Å². The van der Waals surface area contributed by atoms with Gasteiger partial charge in [0.1, 0.15) is 17.9 Å². The third kappa shape index (κ3) is 3.99.